The first kappa shape index (κ1) is 13.9. The van der Waals surface area contributed by atoms with Gasteiger partial charge in [0.2, 0.25) is 5.91 Å². The van der Waals surface area contributed by atoms with Gasteiger partial charge in [0, 0.05) is 17.8 Å². The van der Waals surface area contributed by atoms with Crippen molar-refractivity contribution >= 4 is 17.7 Å². The molecule has 0 aliphatic carbocycles. The van der Waals surface area contributed by atoms with Gasteiger partial charge in [0.25, 0.3) is 0 Å². The number of rotatable bonds is 1. The van der Waals surface area contributed by atoms with Crippen molar-refractivity contribution in [1.82, 2.24) is 4.90 Å². The summed E-state index contributed by atoms with van der Waals surface area (Å²) in [5.74, 6) is 2.44. The van der Waals surface area contributed by atoms with Crippen LogP contribution in [-0.2, 0) is 4.79 Å². The second-order valence-corrected chi connectivity index (χ2v) is 7.01. The molecule has 1 rings (SSSR count). The normalized spacial score (nSPS) is 25.8. The quantitative estimate of drug-likeness (QED) is 0.705. The first-order valence-electron chi connectivity index (χ1n) is 6.21. The molecule has 0 unspecified atom stereocenters. The first-order chi connectivity index (χ1) is 7.31. The first-order valence-corrected chi connectivity index (χ1v) is 7.36. The van der Waals surface area contributed by atoms with Gasteiger partial charge in [-0.1, -0.05) is 13.8 Å². The number of nitrogens with zero attached hydrogens (tertiary/aromatic N) is 1. The van der Waals surface area contributed by atoms with E-state index in [-0.39, 0.29) is 11.0 Å². The minimum atomic E-state index is -0.220. The van der Waals surface area contributed by atoms with E-state index >= 15 is 0 Å². The van der Waals surface area contributed by atoms with Crippen LogP contribution in [0, 0.1) is 5.41 Å². The van der Waals surface area contributed by atoms with Gasteiger partial charge >= 0.3 is 0 Å². The molecule has 2 nitrogen and oxygen atoms in total. The number of amides is 1. The molecule has 0 aromatic heterocycles. The summed E-state index contributed by atoms with van der Waals surface area (Å²) in [4.78, 5) is 14.6. The molecule has 1 aliphatic heterocycles. The molecule has 0 aromatic rings. The third kappa shape index (κ3) is 2.93. The maximum atomic E-state index is 12.5. The van der Waals surface area contributed by atoms with E-state index in [9.17, 15) is 4.79 Å². The van der Waals surface area contributed by atoms with Crippen molar-refractivity contribution < 1.29 is 4.79 Å². The lowest BCUT2D eigenvalue weighted by Gasteiger charge is -2.41. The Bertz CT molecular complexity index is 261. The molecule has 0 spiro atoms. The Labute approximate surface area is 104 Å². The van der Waals surface area contributed by atoms with Crippen molar-refractivity contribution in [1.29, 1.82) is 0 Å². The molecule has 3 heteroatoms. The number of hydrogen-bond donors (Lipinski definition) is 0. The number of carbonyl (C=O) groups excluding carboxylic acids is 1. The molecule has 0 N–H and O–H groups in total. The standard InChI is InChI=1S/C13H25NOS/c1-6-14-11(15)12(2,3)10-16-9-7-8-13(14,4)5/h6-10H2,1-5H3. The third-order valence-electron chi connectivity index (χ3n) is 3.41. The lowest BCUT2D eigenvalue weighted by atomic mass is 9.89. The molecule has 1 aliphatic rings. The van der Waals surface area contributed by atoms with Crippen LogP contribution in [0.1, 0.15) is 47.5 Å². The fourth-order valence-electron chi connectivity index (χ4n) is 2.34. The van der Waals surface area contributed by atoms with Gasteiger partial charge in [-0.3, -0.25) is 4.79 Å². The van der Waals surface area contributed by atoms with Crippen molar-refractivity contribution in [3.8, 4) is 0 Å². The molecule has 1 saturated heterocycles. The van der Waals surface area contributed by atoms with Crippen molar-refractivity contribution in [3.63, 3.8) is 0 Å². The van der Waals surface area contributed by atoms with Crippen LogP contribution in [0.4, 0.5) is 0 Å². The molecule has 0 saturated carbocycles. The predicted molar refractivity (Wildman–Crippen MR) is 71.8 cm³/mol. The maximum Gasteiger partial charge on any atom is 0.229 e. The highest BCUT2D eigenvalue weighted by Crippen LogP contribution is 2.33. The highest BCUT2D eigenvalue weighted by Gasteiger charge is 2.38. The summed E-state index contributed by atoms with van der Waals surface area (Å²) < 4.78 is 0. The summed E-state index contributed by atoms with van der Waals surface area (Å²) in [7, 11) is 0. The van der Waals surface area contributed by atoms with E-state index in [0.29, 0.717) is 5.91 Å². The van der Waals surface area contributed by atoms with Gasteiger partial charge in [-0.2, -0.15) is 11.8 Å². The van der Waals surface area contributed by atoms with E-state index in [0.717, 1.165) is 18.7 Å². The highest BCUT2D eigenvalue weighted by molar-refractivity contribution is 7.99. The van der Waals surface area contributed by atoms with Crippen LogP contribution in [-0.4, -0.2) is 34.4 Å². The van der Waals surface area contributed by atoms with Crippen LogP contribution in [0.3, 0.4) is 0 Å². The van der Waals surface area contributed by atoms with Gasteiger partial charge in [-0.15, -0.1) is 0 Å². The monoisotopic (exact) mass is 243 g/mol. The van der Waals surface area contributed by atoms with E-state index in [1.54, 1.807) is 0 Å². The molecule has 0 aromatic carbocycles. The number of carbonyl (C=O) groups is 1. The Hall–Kier alpha value is -0.180. The zero-order valence-electron chi connectivity index (χ0n) is 11.3. The molecule has 94 valence electrons. The van der Waals surface area contributed by atoms with E-state index < -0.39 is 0 Å². The number of thioether (sulfide) groups is 1. The summed E-state index contributed by atoms with van der Waals surface area (Å²) in [6.07, 6.45) is 2.31. The SMILES string of the molecule is CCN1C(=O)C(C)(C)CSCCCC1(C)C. The van der Waals surface area contributed by atoms with Gasteiger partial charge in [0.15, 0.2) is 0 Å². The average molecular weight is 243 g/mol. The molecule has 0 bridgehead atoms. The molecular weight excluding hydrogens is 218 g/mol. The predicted octanol–water partition coefficient (Wildman–Crippen LogP) is 3.17. The Morgan fingerprint density at radius 3 is 2.50 bits per heavy atom. The fourth-order valence-corrected chi connectivity index (χ4v) is 3.47. The topological polar surface area (TPSA) is 20.3 Å². The zero-order valence-corrected chi connectivity index (χ0v) is 12.1. The van der Waals surface area contributed by atoms with Gasteiger partial charge < -0.3 is 4.90 Å². The summed E-state index contributed by atoms with van der Waals surface area (Å²) in [6, 6.07) is 0. The van der Waals surface area contributed by atoms with Crippen LogP contribution < -0.4 is 0 Å². The van der Waals surface area contributed by atoms with E-state index in [4.69, 9.17) is 0 Å². The van der Waals surface area contributed by atoms with Gasteiger partial charge in [0.05, 0.1) is 5.41 Å². The van der Waals surface area contributed by atoms with Crippen LogP contribution in [0.5, 0.6) is 0 Å². The van der Waals surface area contributed by atoms with Crippen LogP contribution in [0.15, 0.2) is 0 Å². The second-order valence-electron chi connectivity index (χ2n) is 5.90. The van der Waals surface area contributed by atoms with Crippen molar-refractivity contribution in [2.24, 2.45) is 5.41 Å². The van der Waals surface area contributed by atoms with Crippen LogP contribution in [0.2, 0.25) is 0 Å². The van der Waals surface area contributed by atoms with Crippen LogP contribution >= 0.6 is 11.8 Å². The average Bonchev–Trinajstić information content (AvgIpc) is 2.19. The Morgan fingerprint density at radius 2 is 1.94 bits per heavy atom. The Balaban J connectivity index is 2.98. The summed E-state index contributed by atoms with van der Waals surface area (Å²) in [6.45, 7) is 11.4. The van der Waals surface area contributed by atoms with Gasteiger partial charge in [-0.05, 0) is 39.4 Å². The van der Waals surface area contributed by atoms with Crippen LogP contribution in [0.25, 0.3) is 0 Å². The molecule has 0 radical (unpaired) electrons. The molecule has 0 atom stereocenters. The van der Waals surface area contributed by atoms with Crippen molar-refractivity contribution in [3.05, 3.63) is 0 Å². The minimum Gasteiger partial charge on any atom is -0.337 e. The highest BCUT2D eigenvalue weighted by atomic mass is 32.2. The van der Waals surface area contributed by atoms with Crippen molar-refractivity contribution in [2.45, 2.75) is 53.0 Å². The molecule has 1 amide bonds. The second kappa shape index (κ2) is 4.99. The molecule has 1 heterocycles. The van der Waals surface area contributed by atoms with E-state index in [2.05, 4.69) is 39.5 Å². The Morgan fingerprint density at radius 1 is 1.31 bits per heavy atom. The lowest BCUT2D eigenvalue weighted by Crippen LogP contribution is -2.52. The summed E-state index contributed by atoms with van der Waals surface area (Å²) >= 11 is 1.92. The number of hydrogen-bond acceptors (Lipinski definition) is 2. The summed E-state index contributed by atoms with van der Waals surface area (Å²) in [5.41, 5.74) is -0.212. The molecule has 16 heavy (non-hydrogen) atoms. The third-order valence-corrected chi connectivity index (χ3v) is 4.91. The van der Waals surface area contributed by atoms with Crippen molar-refractivity contribution in [2.75, 3.05) is 18.1 Å². The maximum absolute atomic E-state index is 12.5. The van der Waals surface area contributed by atoms with E-state index in [1.165, 1.54) is 12.2 Å². The van der Waals surface area contributed by atoms with E-state index in [1.807, 2.05) is 11.8 Å². The lowest BCUT2D eigenvalue weighted by molar-refractivity contribution is -0.144. The zero-order chi connectivity index (χ0) is 12.4. The minimum absolute atomic E-state index is 0.00794. The van der Waals surface area contributed by atoms with Gasteiger partial charge in [-0.25, -0.2) is 0 Å². The Kier molecular flexibility index (Phi) is 4.33. The smallest absolute Gasteiger partial charge is 0.229 e. The van der Waals surface area contributed by atoms with Gasteiger partial charge in [0.1, 0.15) is 0 Å². The fraction of sp³-hybridized carbons (Fsp3) is 0.923. The molecule has 1 fully saturated rings. The summed E-state index contributed by atoms with van der Waals surface area (Å²) in [5, 5.41) is 0. The largest absolute Gasteiger partial charge is 0.337 e. The molecular formula is C13H25NOS.